The first kappa shape index (κ1) is 28.3. The zero-order valence-electron chi connectivity index (χ0n) is 22.8. The molecule has 0 radical (unpaired) electrons. The highest BCUT2D eigenvalue weighted by atomic mass is 19.4. The fraction of sp³-hybridized carbons (Fsp3) is 0.500. The van der Waals surface area contributed by atoms with Gasteiger partial charge in [0.2, 0.25) is 0 Å². The van der Waals surface area contributed by atoms with Crippen molar-refractivity contribution in [1.82, 2.24) is 19.6 Å². The predicted molar refractivity (Wildman–Crippen MR) is 145 cm³/mol. The number of halogens is 3. The zero-order chi connectivity index (χ0) is 28.3. The highest BCUT2D eigenvalue weighted by molar-refractivity contribution is 6.00. The number of aromatic nitrogens is 2. The number of ketones is 1. The number of piperidine rings is 1. The first-order valence-electron chi connectivity index (χ1n) is 13.9. The van der Waals surface area contributed by atoms with Gasteiger partial charge in [-0.05, 0) is 74.5 Å². The normalized spacial score (nSPS) is 17.4. The number of benzene rings is 2. The summed E-state index contributed by atoms with van der Waals surface area (Å²) in [5.41, 5.74) is 1.77. The zero-order valence-corrected chi connectivity index (χ0v) is 22.8. The Morgan fingerprint density at radius 3 is 2.52 bits per heavy atom. The Labute approximate surface area is 231 Å². The van der Waals surface area contributed by atoms with Gasteiger partial charge in [-0.25, -0.2) is 0 Å². The molecule has 3 aromatic rings. The molecular formula is C30H35F3N4O3. The van der Waals surface area contributed by atoms with E-state index in [1.54, 1.807) is 4.90 Å². The number of Topliss-reactive ketones (excluding diaryl/α,β-unsaturated/α-hetero) is 1. The minimum atomic E-state index is -4.48. The molecule has 2 saturated heterocycles. The fourth-order valence-electron chi connectivity index (χ4n) is 5.64. The molecule has 2 aliphatic heterocycles. The third kappa shape index (κ3) is 6.72. The number of rotatable bonds is 8. The molecule has 214 valence electrons. The quantitative estimate of drug-likeness (QED) is 0.357. The molecule has 0 aliphatic carbocycles. The van der Waals surface area contributed by atoms with Gasteiger partial charge < -0.3 is 9.64 Å². The topological polar surface area (TPSA) is 67.7 Å². The molecule has 0 N–H and O–H groups in total. The Balaban J connectivity index is 1.15. The summed E-state index contributed by atoms with van der Waals surface area (Å²) >= 11 is 0. The van der Waals surface area contributed by atoms with Gasteiger partial charge in [0.25, 0.3) is 5.91 Å². The summed E-state index contributed by atoms with van der Waals surface area (Å²) in [7, 11) is 0. The minimum absolute atomic E-state index is 0.0633. The Morgan fingerprint density at radius 1 is 1.05 bits per heavy atom. The van der Waals surface area contributed by atoms with Gasteiger partial charge >= 0.3 is 6.18 Å². The number of likely N-dealkylation sites (tertiary alicyclic amines) is 1. The van der Waals surface area contributed by atoms with Gasteiger partial charge in [-0.15, -0.1) is 0 Å². The second-order valence-corrected chi connectivity index (χ2v) is 10.9. The number of carbonyl (C=O) groups excluding carboxylic acids is 2. The fourth-order valence-corrected chi connectivity index (χ4v) is 5.64. The molecule has 2 aromatic carbocycles. The maximum Gasteiger partial charge on any atom is 0.416 e. The molecule has 0 bridgehead atoms. The van der Waals surface area contributed by atoms with Gasteiger partial charge in [-0.1, -0.05) is 6.07 Å². The summed E-state index contributed by atoms with van der Waals surface area (Å²) in [4.78, 5) is 29.8. The molecule has 7 nitrogen and oxygen atoms in total. The van der Waals surface area contributed by atoms with Crippen LogP contribution in [0.15, 0.2) is 42.6 Å². The van der Waals surface area contributed by atoms with Crippen molar-refractivity contribution in [1.29, 1.82) is 0 Å². The van der Waals surface area contributed by atoms with Gasteiger partial charge in [0, 0.05) is 61.9 Å². The Morgan fingerprint density at radius 2 is 1.80 bits per heavy atom. The molecule has 3 heterocycles. The summed E-state index contributed by atoms with van der Waals surface area (Å²) in [5.74, 6) is 0.0764. The minimum Gasteiger partial charge on any atom is -0.379 e. The van der Waals surface area contributed by atoms with Crippen LogP contribution < -0.4 is 0 Å². The standard InChI is InChI=1S/C30H35F3N4O3/c1-21-16-27-24(18-26(21)28(38)6-3-9-35-12-14-40-15-13-35)20-37(34-27)19-22-7-10-36(11-8-22)29(39)23-4-2-5-25(17-23)30(31,32)33/h2,4-5,16-18,20,22H,3,6-15,19H2,1H3. The van der Waals surface area contributed by atoms with E-state index in [-0.39, 0.29) is 17.3 Å². The number of carbonyl (C=O) groups is 2. The van der Waals surface area contributed by atoms with Crippen LogP contribution in [0.5, 0.6) is 0 Å². The number of hydrogen-bond donors (Lipinski definition) is 0. The number of morpholine rings is 1. The number of alkyl halides is 3. The number of hydrogen-bond acceptors (Lipinski definition) is 5. The summed E-state index contributed by atoms with van der Waals surface area (Å²) < 4.78 is 46.4. The average Bonchev–Trinajstić information content (AvgIpc) is 3.33. The van der Waals surface area contributed by atoms with Crippen molar-refractivity contribution in [2.45, 2.75) is 45.3 Å². The van der Waals surface area contributed by atoms with Gasteiger partial charge in [-0.2, -0.15) is 18.3 Å². The molecule has 0 saturated carbocycles. The highest BCUT2D eigenvalue weighted by Gasteiger charge is 2.32. The van der Waals surface area contributed by atoms with Crippen molar-refractivity contribution in [3.8, 4) is 0 Å². The van der Waals surface area contributed by atoms with Crippen LogP contribution in [0, 0.1) is 12.8 Å². The van der Waals surface area contributed by atoms with Crippen LogP contribution in [0.2, 0.25) is 0 Å². The van der Waals surface area contributed by atoms with Crippen molar-refractivity contribution in [2.75, 3.05) is 45.9 Å². The molecular weight excluding hydrogens is 521 g/mol. The average molecular weight is 557 g/mol. The molecule has 40 heavy (non-hydrogen) atoms. The highest BCUT2D eigenvalue weighted by Crippen LogP contribution is 2.30. The largest absolute Gasteiger partial charge is 0.416 e. The number of amides is 1. The lowest BCUT2D eigenvalue weighted by Gasteiger charge is -2.32. The van der Waals surface area contributed by atoms with Gasteiger partial charge in [0.1, 0.15) is 0 Å². The molecule has 10 heteroatoms. The van der Waals surface area contributed by atoms with E-state index in [1.807, 2.05) is 29.9 Å². The van der Waals surface area contributed by atoms with Gasteiger partial charge in [0.15, 0.2) is 5.78 Å². The van der Waals surface area contributed by atoms with Crippen LogP contribution in [0.25, 0.3) is 10.9 Å². The molecule has 2 aliphatic rings. The van der Waals surface area contributed by atoms with Crippen molar-refractivity contribution in [3.63, 3.8) is 0 Å². The Hall–Kier alpha value is -3.24. The molecule has 1 aromatic heterocycles. The summed E-state index contributed by atoms with van der Waals surface area (Å²) in [6.07, 6.45) is 0.311. The van der Waals surface area contributed by atoms with Crippen molar-refractivity contribution in [3.05, 3.63) is 64.8 Å². The molecule has 0 atom stereocenters. The SMILES string of the molecule is Cc1cc2nn(CC3CCN(C(=O)c4cccc(C(F)(F)F)c4)CC3)cc2cc1C(=O)CCCN1CCOCC1. The van der Waals surface area contributed by atoms with Crippen LogP contribution >= 0.6 is 0 Å². The summed E-state index contributed by atoms with van der Waals surface area (Å²) in [5, 5.41) is 5.66. The maximum atomic E-state index is 13.1. The van der Waals surface area contributed by atoms with E-state index >= 15 is 0 Å². The summed E-state index contributed by atoms with van der Waals surface area (Å²) in [6, 6.07) is 8.53. The molecule has 1 amide bonds. The van der Waals surface area contributed by atoms with E-state index in [4.69, 9.17) is 9.84 Å². The lowest BCUT2D eigenvalue weighted by molar-refractivity contribution is -0.137. The Kier molecular flexibility index (Phi) is 8.56. The third-order valence-electron chi connectivity index (χ3n) is 7.96. The molecule has 0 unspecified atom stereocenters. The van der Waals surface area contributed by atoms with E-state index in [0.29, 0.717) is 32.0 Å². The monoisotopic (exact) mass is 556 g/mol. The number of nitrogens with zero attached hydrogens (tertiary/aromatic N) is 4. The van der Waals surface area contributed by atoms with Gasteiger partial charge in [0.05, 0.1) is 24.3 Å². The van der Waals surface area contributed by atoms with E-state index < -0.39 is 11.7 Å². The third-order valence-corrected chi connectivity index (χ3v) is 7.96. The van der Waals surface area contributed by atoms with Crippen LogP contribution in [-0.4, -0.2) is 77.2 Å². The second-order valence-electron chi connectivity index (χ2n) is 10.9. The van der Waals surface area contributed by atoms with Crippen LogP contribution in [0.3, 0.4) is 0 Å². The smallest absolute Gasteiger partial charge is 0.379 e. The number of aryl methyl sites for hydroxylation is 1. The van der Waals surface area contributed by atoms with Crippen molar-refractivity contribution in [2.24, 2.45) is 5.92 Å². The number of fused-ring (bicyclic) bond motifs is 1. The van der Waals surface area contributed by atoms with E-state index in [0.717, 1.165) is 86.3 Å². The Bertz CT molecular complexity index is 1360. The van der Waals surface area contributed by atoms with Crippen molar-refractivity contribution < 1.29 is 27.5 Å². The predicted octanol–water partition coefficient (Wildman–Crippen LogP) is 5.21. The van der Waals surface area contributed by atoms with Crippen LogP contribution in [0.1, 0.15) is 57.5 Å². The van der Waals surface area contributed by atoms with Gasteiger partial charge in [-0.3, -0.25) is 19.2 Å². The first-order chi connectivity index (χ1) is 19.2. The van der Waals surface area contributed by atoms with E-state index in [9.17, 15) is 22.8 Å². The maximum absolute atomic E-state index is 13.1. The van der Waals surface area contributed by atoms with E-state index in [1.165, 1.54) is 12.1 Å². The lowest BCUT2D eigenvalue weighted by atomic mass is 9.96. The molecule has 5 rings (SSSR count). The lowest BCUT2D eigenvalue weighted by Crippen LogP contribution is -2.39. The first-order valence-corrected chi connectivity index (χ1v) is 13.9. The van der Waals surface area contributed by atoms with Crippen LogP contribution in [0.4, 0.5) is 13.2 Å². The van der Waals surface area contributed by atoms with E-state index in [2.05, 4.69) is 4.90 Å². The molecule has 2 fully saturated rings. The molecule has 0 spiro atoms. The second kappa shape index (κ2) is 12.1. The van der Waals surface area contributed by atoms with Crippen LogP contribution in [-0.2, 0) is 17.5 Å². The van der Waals surface area contributed by atoms with Crippen molar-refractivity contribution >= 4 is 22.6 Å². The number of ether oxygens (including phenoxy) is 1. The summed E-state index contributed by atoms with van der Waals surface area (Å²) in [6.45, 7) is 7.86.